The lowest BCUT2D eigenvalue weighted by Gasteiger charge is -2.29. The molecule has 0 aliphatic carbocycles. The molecule has 1 aromatic heterocycles. The molecule has 1 heterocycles. The first-order valence-electron chi connectivity index (χ1n) is 9.54. The Morgan fingerprint density at radius 1 is 1.12 bits per heavy atom. The van der Waals surface area contributed by atoms with Crippen LogP contribution < -0.4 is 4.90 Å². The fourth-order valence-corrected chi connectivity index (χ4v) is 3.43. The summed E-state index contributed by atoms with van der Waals surface area (Å²) in [6, 6.07) is 6.39. The monoisotopic (exact) mass is 355 g/mol. The molecule has 0 atom stereocenters. The third-order valence-electron chi connectivity index (χ3n) is 4.81. The van der Waals surface area contributed by atoms with Crippen LogP contribution in [0.5, 0.6) is 0 Å². The van der Waals surface area contributed by atoms with Gasteiger partial charge >= 0.3 is 0 Å². The Labute approximate surface area is 158 Å². The normalized spacial score (nSPS) is 11.5. The van der Waals surface area contributed by atoms with Gasteiger partial charge in [-0.2, -0.15) is 5.10 Å². The minimum Gasteiger partial charge on any atom is -0.309 e. The van der Waals surface area contributed by atoms with Crippen molar-refractivity contribution in [3.63, 3.8) is 0 Å². The molecule has 1 aromatic carbocycles. The smallest absolute Gasteiger partial charge is 0.231 e. The van der Waals surface area contributed by atoms with Gasteiger partial charge in [-0.15, -0.1) is 0 Å². The van der Waals surface area contributed by atoms with E-state index in [-0.39, 0.29) is 11.9 Å². The predicted octanol–water partition coefficient (Wildman–Crippen LogP) is 4.76. The Hall–Kier alpha value is -2.10. The highest BCUT2D eigenvalue weighted by molar-refractivity contribution is 5.96. The Morgan fingerprint density at radius 2 is 1.77 bits per heavy atom. The molecule has 2 rings (SSSR count). The van der Waals surface area contributed by atoms with Crippen molar-refractivity contribution in [2.24, 2.45) is 5.92 Å². The van der Waals surface area contributed by atoms with E-state index < -0.39 is 0 Å². The average molecular weight is 356 g/mol. The maximum atomic E-state index is 13.2. The molecule has 0 spiro atoms. The molecule has 0 saturated heterocycles. The number of benzene rings is 1. The Bertz CT molecular complexity index is 787. The zero-order valence-electron chi connectivity index (χ0n) is 17.6. The molecule has 0 N–H and O–H groups in total. The van der Waals surface area contributed by atoms with Gasteiger partial charge in [0, 0.05) is 29.5 Å². The van der Waals surface area contributed by atoms with Crippen molar-refractivity contribution >= 4 is 11.6 Å². The van der Waals surface area contributed by atoms with Crippen LogP contribution in [0.1, 0.15) is 55.8 Å². The number of carbonyl (C=O) groups excluding carboxylic acids is 1. The SMILES string of the molecule is Cc1ccc(C)c(N(C(=O)Cc2c(C)nn(CC(C)C)c2C)C(C)C)c1. The maximum Gasteiger partial charge on any atom is 0.231 e. The fourth-order valence-electron chi connectivity index (χ4n) is 3.43. The lowest BCUT2D eigenvalue weighted by atomic mass is 10.1. The van der Waals surface area contributed by atoms with E-state index in [1.807, 2.05) is 16.5 Å². The van der Waals surface area contributed by atoms with E-state index in [4.69, 9.17) is 0 Å². The van der Waals surface area contributed by atoms with E-state index in [0.29, 0.717) is 12.3 Å². The first-order chi connectivity index (χ1) is 12.1. The van der Waals surface area contributed by atoms with Crippen molar-refractivity contribution in [2.75, 3.05) is 4.90 Å². The van der Waals surface area contributed by atoms with E-state index in [1.54, 1.807) is 0 Å². The van der Waals surface area contributed by atoms with Gasteiger partial charge in [0.2, 0.25) is 5.91 Å². The average Bonchev–Trinajstić information content (AvgIpc) is 2.77. The molecule has 0 saturated carbocycles. The molecule has 26 heavy (non-hydrogen) atoms. The van der Waals surface area contributed by atoms with E-state index in [1.165, 1.54) is 5.56 Å². The summed E-state index contributed by atoms with van der Waals surface area (Å²) in [5.41, 5.74) is 6.43. The number of hydrogen-bond donors (Lipinski definition) is 0. The third kappa shape index (κ3) is 4.35. The maximum absolute atomic E-state index is 13.2. The molecule has 0 bridgehead atoms. The molecular weight excluding hydrogens is 322 g/mol. The van der Waals surface area contributed by atoms with Crippen LogP contribution in [0.2, 0.25) is 0 Å². The first-order valence-corrected chi connectivity index (χ1v) is 9.54. The van der Waals surface area contributed by atoms with Gasteiger partial charge in [-0.25, -0.2) is 0 Å². The van der Waals surface area contributed by atoms with Crippen molar-refractivity contribution in [1.82, 2.24) is 9.78 Å². The number of aryl methyl sites for hydroxylation is 3. The van der Waals surface area contributed by atoms with Gasteiger partial charge in [-0.05, 0) is 64.7 Å². The van der Waals surface area contributed by atoms with Crippen molar-refractivity contribution in [1.29, 1.82) is 0 Å². The molecule has 4 heteroatoms. The van der Waals surface area contributed by atoms with Crippen LogP contribution in [-0.4, -0.2) is 21.7 Å². The van der Waals surface area contributed by atoms with Gasteiger partial charge in [-0.1, -0.05) is 26.0 Å². The molecule has 0 aliphatic heterocycles. The molecule has 142 valence electrons. The second-order valence-electron chi connectivity index (χ2n) is 8.05. The standard InChI is InChI=1S/C22H33N3O/c1-14(2)13-24-19(8)20(18(7)23-24)12-22(26)25(15(3)4)21-11-16(5)9-10-17(21)6/h9-11,14-15H,12-13H2,1-8H3. The summed E-state index contributed by atoms with van der Waals surface area (Å²) in [6.45, 7) is 17.6. The summed E-state index contributed by atoms with van der Waals surface area (Å²) < 4.78 is 2.04. The lowest BCUT2D eigenvalue weighted by Crippen LogP contribution is -2.38. The van der Waals surface area contributed by atoms with Gasteiger partial charge in [0.25, 0.3) is 0 Å². The van der Waals surface area contributed by atoms with Crippen molar-refractivity contribution in [3.8, 4) is 0 Å². The van der Waals surface area contributed by atoms with Crippen molar-refractivity contribution in [2.45, 2.75) is 74.4 Å². The molecule has 0 unspecified atom stereocenters. The Kier molecular flexibility index (Phi) is 6.27. The highest BCUT2D eigenvalue weighted by atomic mass is 16.2. The van der Waals surface area contributed by atoms with Crippen LogP contribution in [0.4, 0.5) is 5.69 Å². The van der Waals surface area contributed by atoms with Gasteiger partial charge in [-0.3, -0.25) is 9.48 Å². The number of carbonyl (C=O) groups is 1. The summed E-state index contributed by atoms with van der Waals surface area (Å²) >= 11 is 0. The van der Waals surface area contributed by atoms with Crippen LogP contribution in [0.15, 0.2) is 18.2 Å². The van der Waals surface area contributed by atoms with Crippen LogP contribution in [0, 0.1) is 33.6 Å². The lowest BCUT2D eigenvalue weighted by molar-refractivity contribution is -0.118. The number of nitrogens with zero attached hydrogens (tertiary/aromatic N) is 3. The predicted molar refractivity (Wildman–Crippen MR) is 109 cm³/mol. The second kappa shape index (κ2) is 8.07. The Morgan fingerprint density at radius 3 is 2.35 bits per heavy atom. The largest absolute Gasteiger partial charge is 0.309 e. The molecule has 2 aromatic rings. The first kappa shape index (κ1) is 20.2. The fraction of sp³-hybridized carbons (Fsp3) is 0.545. The summed E-state index contributed by atoms with van der Waals surface area (Å²) in [5.74, 6) is 0.655. The molecule has 0 fully saturated rings. The molecule has 0 aliphatic rings. The number of hydrogen-bond acceptors (Lipinski definition) is 2. The summed E-state index contributed by atoms with van der Waals surface area (Å²) in [5, 5.41) is 4.66. The number of rotatable bonds is 6. The highest BCUT2D eigenvalue weighted by Crippen LogP contribution is 2.25. The molecular formula is C22H33N3O. The summed E-state index contributed by atoms with van der Waals surface area (Å²) in [6.07, 6.45) is 0.390. The molecule has 1 amide bonds. The summed E-state index contributed by atoms with van der Waals surface area (Å²) in [7, 11) is 0. The van der Waals surface area contributed by atoms with Crippen LogP contribution >= 0.6 is 0 Å². The highest BCUT2D eigenvalue weighted by Gasteiger charge is 2.24. The van der Waals surface area contributed by atoms with Crippen molar-refractivity contribution in [3.05, 3.63) is 46.3 Å². The number of aromatic nitrogens is 2. The second-order valence-corrected chi connectivity index (χ2v) is 8.05. The molecule has 0 radical (unpaired) electrons. The quantitative estimate of drug-likeness (QED) is 0.749. The van der Waals surface area contributed by atoms with E-state index in [0.717, 1.165) is 34.7 Å². The van der Waals surface area contributed by atoms with Gasteiger partial charge in [0.15, 0.2) is 0 Å². The van der Waals surface area contributed by atoms with Gasteiger partial charge in [0.1, 0.15) is 0 Å². The number of anilines is 1. The van der Waals surface area contributed by atoms with Crippen LogP contribution in [-0.2, 0) is 17.8 Å². The van der Waals surface area contributed by atoms with Gasteiger partial charge < -0.3 is 4.90 Å². The van der Waals surface area contributed by atoms with E-state index in [2.05, 4.69) is 71.8 Å². The summed E-state index contributed by atoms with van der Waals surface area (Å²) in [4.78, 5) is 15.2. The van der Waals surface area contributed by atoms with Crippen molar-refractivity contribution < 1.29 is 4.79 Å². The number of amides is 1. The van der Waals surface area contributed by atoms with Crippen LogP contribution in [0.25, 0.3) is 0 Å². The topological polar surface area (TPSA) is 38.1 Å². The van der Waals surface area contributed by atoms with E-state index >= 15 is 0 Å². The molecule has 4 nitrogen and oxygen atoms in total. The minimum absolute atomic E-state index is 0.106. The Balaban J connectivity index is 2.35. The third-order valence-corrected chi connectivity index (χ3v) is 4.81. The van der Waals surface area contributed by atoms with Gasteiger partial charge in [0.05, 0.1) is 12.1 Å². The zero-order valence-corrected chi connectivity index (χ0v) is 17.6. The van der Waals surface area contributed by atoms with E-state index in [9.17, 15) is 4.79 Å². The van der Waals surface area contributed by atoms with Crippen LogP contribution in [0.3, 0.4) is 0 Å². The minimum atomic E-state index is 0.106. The zero-order chi connectivity index (χ0) is 19.6.